The first-order chi connectivity index (χ1) is 9.04. The zero-order chi connectivity index (χ0) is 14.0. The normalized spacial score (nSPS) is 21.1. The minimum Gasteiger partial charge on any atom is -0.354 e. The SMILES string of the molecule is CCNCc1c(C)nn(C)c1N1CCN(C)C(C)C1. The van der Waals surface area contributed by atoms with Gasteiger partial charge in [0, 0.05) is 44.8 Å². The highest BCUT2D eigenvalue weighted by molar-refractivity contribution is 5.50. The summed E-state index contributed by atoms with van der Waals surface area (Å²) in [6.07, 6.45) is 0. The van der Waals surface area contributed by atoms with Gasteiger partial charge >= 0.3 is 0 Å². The summed E-state index contributed by atoms with van der Waals surface area (Å²) in [5, 5.41) is 8.03. The summed E-state index contributed by atoms with van der Waals surface area (Å²) in [4.78, 5) is 4.90. The Kier molecular flexibility index (Phi) is 4.47. The summed E-state index contributed by atoms with van der Waals surface area (Å²) >= 11 is 0. The quantitative estimate of drug-likeness (QED) is 0.880. The lowest BCUT2D eigenvalue weighted by Crippen LogP contribution is -2.50. The first-order valence-corrected chi connectivity index (χ1v) is 7.23. The van der Waals surface area contributed by atoms with Gasteiger partial charge in [-0.05, 0) is 27.4 Å². The largest absolute Gasteiger partial charge is 0.354 e. The molecule has 1 aromatic rings. The summed E-state index contributed by atoms with van der Waals surface area (Å²) in [6.45, 7) is 11.7. The summed E-state index contributed by atoms with van der Waals surface area (Å²) in [7, 11) is 4.26. The van der Waals surface area contributed by atoms with Crippen LogP contribution in [0.25, 0.3) is 0 Å². The van der Waals surface area contributed by atoms with Gasteiger partial charge in [-0.25, -0.2) is 0 Å². The van der Waals surface area contributed by atoms with Crippen LogP contribution in [-0.2, 0) is 13.6 Å². The van der Waals surface area contributed by atoms with Crippen molar-refractivity contribution in [2.45, 2.75) is 33.4 Å². The number of nitrogens with zero attached hydrogens (tertiary/aromatic N) is 4. The van der Waals surface area contributed by atoms with E-state index < -0.39 is 0 Å². The number of rotatable bonds is 4. The third kappa shape index (κ3) is 2.92. The molecule has 0 radical (unpaired) electrons. The number of hydrogen-bond donors (Lipinski definition) is 1. The highest BCUT2D eigenvalue weighted by Crippen LogP contribution is 2.25. The lowest BCUT2D eigenvalue weighted by atomic mass is 10.1. The van der Waals surface area contributed by atoms with E-state index in [0.29, 0.717) is 6.04 Å². The van der Waals surface area contributed by atoms with Crippen LogP contribution in [0.4, 0.5) is 5.82 Å². The van der Waals surface area contributed by atoms with Crippen molar-refractivity contribution in [3.8, 4) is 0 Å². The van der Waals surface area contributed by atoms with E-state index in [1.807, 2.05) is 4.68 Å². The topological polar surface area (TPSA) is 36.3 Å². The third-order valence-electron chi connectivity index (χ3n) is 4.12. The van der Waals surface area contributed by atoms with Crippen LogP contribution in [0.5, 0.6) is 0 Å². The molecule has 1 aliphatic heterocycles. The molecule has 0 bridgehead atoms. The van der Waals surface area contributed by atoms with Crippen LogP contribution in [-0.4, -0.2) is 53.9 Å². The van der Waals surface area contributed by atoms with Gasteiger partial charge in [0.15, 0.2) is 0 Å². The van der Waals surface area contributed by atoms with Gasteiger partial charge in [-0.15, -0.1) is 0 Å². The number of piperazine rings is 1. The van der Waals surface area contributed by atoms with Crippen LogP contribution in [0.2, 0.25) is 0 Å². The first-order valence-electron chi connectivity index (χ1n) is 7.23. The molecule has 5 heteroatoms. The van der Waals surface area contributed by atoms with E-state index in [0.717, 1.165) is 38.4 Å². The second kappa shape index (κ2) is 5.92. The van der Waals surface area contributed by atoms with Crippen LogP contribution < -0.4 is 10.2 Å². The van der Waals surface area contributed by atoms with Gasteiger partial charge in [0.1, 0.15) is 5.82 Å². The highest BCUT2D eigenvalue weighted by atomic mass is 15.4. The fourth-order valence-electron chi connectivity index (χ4n) is 2.78. The van der Waals surface area contributed by atoms with E-state index in [-0.39, 0.29) is 0 Å². The summed E-state index contributed by atoms with van der Waals surface area (Å²) in [6, 6.07) is 0.593. The van der Waals surface area contributed by atoms with Crippen LogP contribution in [0.1, 0.15) is 25.1 Å². The van der Waals surface area contributed by atoms with E-state index >= 15 is 0 Å². The number of anilines is 1. The maximum Gasteiger partial charge on any atom is 0.131 e. The lowest BCUT2D eigenvalue weighted by molar-refractivity contribution is 0.232. The second-order valence-corrected chi connectivity index (χ2v) is 5.57. The van der Waals surface area contributed by atoms with Gasteiger partial charge in [-0.1, -0.05) is 6.92 Å². The number of nitrogens with one attached hydrogen (secondary N) is 1. The predicted octanol–water partition coefficient (Wildman–Crippen LogP) is 0.978. The van der Waals surface area contributed by atoms with Crippen molar-refractivity contribution < 1.29 is 0 Å². The van der Waals surface area contributed by atoms with Crippen LogP contribution in [0, 0.1) is 6.92 Å². The van der Waals surface area contributed by atoms with Gasteiger partial charge in [0.25, 0.3) is 0 Å². The van der Waals surface area contributed by atoms with Gasteiger partial charge in [-0.3, -0.25) is 4.68 Å². The number of hydrogen-bond acceptors (Lipinski definition) is 4. The van der Waals surface area contributed by atoms with Crippen molar-refractivity contribution in [2.75, 3.05) is 38.1 Å². The Morgan fingerprint density at radius 1 is 1.32 bits per heavy atom. The molecule has 1 saturated heterocycles. The van der Waals surface area contributed by atoms with E-state index in [4.69, 9.17) is 0 Å². The fraction of sp³-hybridized carbons (Fsp3) is 0.786. The van der Waals surface area contributed by atoms with Crippen molar-refractivity contribution in [2.24, 2.45) is 7.05 Å². The maximum atomic E-state index is 4.60. The van der Waals surface area contributed by atoms with E-state index in [2.05, 4.69) is 55.1 Å². The van der Waals surface area contributed by atoms with E-state index in [9.17, 15) is 0 Å². The maximum absolute atomic E-state index is 4.60. The van der Waals surface area contributed by atoms with E-state index in [1.54, 1.807) is 0 Å². The predicted molar refractivity (Wildman–Crippen MR) is 79.6 cm³/mol. The molecule has 1 aliphatic rings. The average molecular weight is 265 g/mol. The molecule has 0 aliphatic carbocycles. The molecular weight excluding hydrogens is 238 g/mol. The zero-order valence-electron chi connectivity index (χ0n) is 12.9. The minimum atomic E-state index is 0.593. The van der Waals surface area contributed by atoms with Gasteiger partial charge in [-0.2, -0.15) is 5.10 Å². The van der Waals surface area contributed by atoms with Gasteiger partial charge < -0.3 is 15.1 Å². The molecule has 1 atom stereocenters. The van der Waals surface area contributed by atoms with Crippen molar-refractivity contribution in [3.63, 3.8) is 0 Å². The monoisotopic (exact) mass is 265 g/mol. The number of likely N-dealkylation sites (N-methyl/N-ethyl adjacent to an activating group) is 1. The minimum absolute atomic E-state index is 0.593. The molecule has 5 nitrogen and oxygen atoms in total. The average Bonchev–Trinajstić information content (AvgIpc) is 2.65. The van der Waals surface area contributed by atoms with Crippen molar-refractivity contribution in [1.29, 1.82) is 0 Å². The highest BCUT2D eigenvalue weighted by Gasteiger charge is 2.25. The van der Waals surface area contributed by atoms with Crippen molar-refractivity contribution in [3.05, 3.63) is 11.3 Å². The molecule has 19 heavy (non-hydrogen) atoms. The molecule has 0 amide bonds. The summed E-state index contributed by atoms with van der Waals surface area (Å²) in [5.41, 5.74) is 2.49. The van der Waals surface area contributed by atoms with E-state index in [1.165, 1.54) is 11.4 Å². The Hall–Kier alpha value is -1.07. The summed E-state index contributed by atoms with van der Waals surface area (Å²) < 4.78 is 2.04. The lowest BCUT2D eigenvalue weighted by Gasteiger charge is -2.39. The second-order valence-electron chi connectivity index (χ2n) is 5.57. The molecule has 0 spiro atoms. The first kappa shape index (κ1) is 14.3. The molecule has 2 heterocycles. The van der Waals surface area contributed by atoms with Gasteiger partial charge in [0.05, 0.1) is 5.69 Å². The molecule has 1 N–H and O–H groups in total. The molecule has 2 rings (SSSR count). The Morgan fingerprint density at radius 3 is 2.68 bits per heavy atom. The Balaban J connectivity index is 2.23. The standard InChI is InChI=1S/C14H27N5/c1-6-15-9-13-12(3)16-18(5)14(13)19-8-7-17(4)11(2)10-19/h11,15H,6-10H2,1-5H3. The van der Waals surface area contributed by atoms with Crippen molar-refractivity contribution >= 4 is 5.82 Å². The Bertz CT molecular complexity index is 426. The van der Waals surface area contributed by atoms with Crippen LogP contribution in [0.15, 0.2) is 0 Å². The molecule has 108 valence electrons. The number of aryl methyl sites for hydroxylation is 2. The fourth-order valence-corrected chi connectivity index (χ4v) is 2.78. The smallest absolute Gasteiger partial charge is 0.131 e. The third-order valence-corrected chi connectivity index (χ3v) is 4.12. The summed E-state index contributed by atoms with van der Waals surface area (Å²) in [5.74, 6) is 1.29. The van der Waals surface area contributed by atoms with Crippen molar-refractivity contribution in [1.82, 2.24) is 20.0 Å². The Labute approximate surface area is 116 Å². The molecule has 0 saturated carbocycles. The number of aromatic nitrogens is 2. The zero-order valence-corrected chi connectivity index (χ0v) is 12.9. The Morgan fingerprint density at radius 2 is 2.05 bits per heavy atom. The molecular formula is C14H27N5. The molecule has 1 fully saturated rings. The van der Waals surface area contributed by atoms with Crippen LogP contribution in [0.3, 0.4) is 0 Å². The molecule has 1 unspecified atom stereocenters. The molecule has 1 aromatic heterocycles. The van der Waals surface area contributed by atoms with Crippen LogP contribution >= 0.6 is 0 Å². The molecule has 0 aromatic carbocycles. The van der Waals surface area contributed by atoms with Gasteiger partial charge in [0.2, 0.25) is 0 Å².